The van der Waals surface area contributed by atoms with Gasteiger partial charge in [0.05, 0.1) is 6.21 Å². The molecule has 0 radical (unpaired) electrons. The minimum atomic E-state index is -1.67. The lowest BCUT2D eigenvalue weighted by molar-refractivity contribution is 0.338. The zero-order chi connectivity index (χ0) is 11.5. The van der Waals surface area contributed by atoms with Crippen molar-refractivity contribution < 1.29 is 4.53 Å². The summed E-state index contributed by atoms with van der Waals surface area (Å²) in [7, 11) is -0.0126. The highest BCUT2D eigenvalue weighted by molar-refractivity contribution is 6.69. The Balaban J connectivity index is 2.78. The SMILES string of the molecule is Cn1nnc(/C=N/O[Si](C)(C)C)c1C#N. The minimum absolute atomic E-state index is 0.373. The molecule has 0 aromatic carbocycles. The first-order valence-corrected chi connectivity index (χ1v) is 7.86. The number of aryl methyl sites for hydroxylation is 1. The molecule has 6 nitrogen and oxygen atoms in total. The zero-order valence-corrected chi connectivity index (χ0v) is 10.2. The van der Waals surface area contributed by atoms with Crippen LogP contribution in [0.2, 0.25) is 19.6 Å². The maximum atomic E-state index is 8.80. The molecule has 0 aliphatic rings. The Morgan fingerprint density at radius 3 is 2.73 bits per heavy atom. The summed E-state index contributed by atoms with van der Waals surface area (Å²) < 4.78 is 6.66. The van der Waals surface area contributed by atoms with E-state index < -0.39 is 8.32 Å². The Kier molecular flexibility index (Phi) is 3.21. The fourth-order valence-corrected chi connectivity index (χ4v) is 1.19. The van der Waals surface area contributed by atoms with Gasteiger partial charge in [0.25, 0.3) is 8.32 Å². The van der Waals surface area contributed by atoms with Gasteiger partial charge in [-0.3, -0.25) is 0 Å². The fourth-order valence-electron chi connectivity index (χ4n) is 0.824. The van der Waals surface area contributed by atoms with Crippen LogP contribution in [-0.2, 0) is 11.6 Å². The highest BCUT2D eigenvalue weighted by Crippen LogP contribution is 2.04. The summed E-state index contributed by atoms with van der Waals surface area (Å²) in [6.07, 6.45) is 1.42. The normalized spacial score (nSPS) is 11.7. The Hall–Kier alpha value is -1.68. The van der Waals surface area contributed by atoms with Crippen LogP contribution in [0.1, 0.15) is 11.4 Å². The van der Waals surface area contributed by atoms with E-state index in [1.165, 1.54) is 10.9 Å². The molecule has 0 aliphatic carbocycles. The van der Waals surface area contributed by atoms with Crippen LogP contribution in [-0.4, -0.2) is 29.5 Å². The van der Waals surface area contributed by atoms with Crippen LogP contribution in [0.4, 0.5) is 0 Å². The molecule has 0 atom stereocenters. The second-order valence-corrected chi connectivity index (χ2v) is 8.40. The van der Waals surface area contributed by atoms with Crippen LogP contribution in [0.15, 0.2) is 5.16 Å². The van der Waals surface area contributed by atoms with Crippen LogP contribution in [0.25, 0.3) is 0 Å². The Bertz CT molecular complexity index is 412. The summed E-state index contributed by atoms with van der Waals surface area (Å²) in [6, 6.07) is 1.99. The molecule has 1 aromatic heterocycles. The van der Waals surface area contributed by atoms with Gasteiger partial charge in [-0.15, -0.1) is 10.3 Å². The molecule has 0 saturated carbocycles. The molecule has 0 aliphatic heterocycles. The molecule has 0 fully saturated rings. The fraction of sp³-hybridized carbons (Fsp3) is 0.500. The molecule has 0 amide bonds. The first-order chi connectivity index (χ1) is 6.94. The Labute approximate surface area is 89.3 Å². The summed E-state index contributed by atoms with van der Waals surface area (Å²) >= 11 is 0. The summed E-state index contributed by atoms with van der Waals surface area (Å²) in [6.45, 7) is 6.06. The van der Waals surface area contributed by atoms with Crippen LogP contribution in [0.3, 0.4) is 0 Å². The molecule has 1 aromatic rings. The first-order valence-electron chi connectivity index (χ1n) is 4.45. The van der Waals surface area contributed by atoms with E-state index in [4.69, 9.17) is 9.79 Å². The molecule has 1 heterocycles. The van der Waals surface area contributed by atoms with Crippen LogP contribution >= 0.6 is 0 Å². The summed E-state index contributed by atoms with van der Waals surface area (Å²) in [5, 5.41) is 20.1. The average Bonchev–Trinajstić information content (AvgIpc) is 2.44. The molecule has 0 N–H and O–H groups in total. The van der Waals surface area contributed by atoms with Gasteiger partial charge in [-0.05, 0) is 19.6 Å². The number of nitrogens with zero attached hydrogens (tertiary/aromatic N) is 5. The van der Waals surface area contributed by atoms with E-state index in [1.807, 2.05) is 25.7 Å². The van der Waals surface area contributed by atoms with E-state index in [0.717, 1.165) is 0 Å². The number of oxime groups is 1. The van der Waals surface area contributed by atoms with Crippen molar-refractivity contribution in [1.82, 2.24) is 15.0 Å². The molecule has 7 heteroatoms. The topological polar surface area (TPSA) is 76.1 Å². The molecule has 80 valence electrons. The van der Waals surface area contributed by atoms with E-state index in [-0.39, 0.29) is 0 Å². The maximum Gasteiger partial charge on any atom is 0.278 e. The number of nitriles is 1. The summed E-state index contributed by atoms with van der Waals surface area (Å²) in [5.41, 5.74) is 0.802. The van der Waals surface area contributed by atoms with Crippen molar-refractivity contribution in [3.63, 3.8) is 0 Å². The molecule has 1 rings (SSSR count). The molecular weight excluding hydrogens is 210 g/mol. The molecule has 0 spiro atoms. The Morgan fingerprint density at radius 1 is 1.53 bits per heavy atom. The number of rotatable bonds is 3. The zero-order valence-electron chi connectivity index (χ0n) is 9.22. The van der Waals surface area contributed by atoms with Crippen molar-refractivity contribution in [2.45, 2.75) is 19.6 Å². The minimum Gasteiger partial charge on any atom is -0.456 e. The van der Waals surface area contributed by atoms with E-state index in [1.54, 1.807) is 7.05 Å². The van der Waals surface area contributed by atoms with Gasteiger partial charge in [0.2, 0.25) is 0 Å². The van der Waals surface area contributed by atoms with Gasteiger partial charge < -0.3 is 4.53 Å². The van der Waals surface area contributed by atoms with Gasteiger partial charge in [0.15, 0.2) is 5.69 Å². The summed E-state index contributed by atoms with van der Waals surface area (Å²) in [5.74, 6) is 0. The third kappa shape index (κ3) is 3.18. The van der Waals surface area contributed by atoms with Gasteiger partial charge >= 0.3 is 0 Å². The highest BCUT2D eigenvalue weighted by atomic mass is 28.4. The summed E-state index contributed by atoms with van der Waals surface area (Å²) in [4.78, 5) is 0. The van der Waals surface area contributed by atoms with Gasteiger partial charge in [-0.1, -0.05) is 5.21 Å². The number of hydrogen-bond donors (Lipinski definition) is 0. The first kappa shape index (κ1) is 11.4. The largest absolute Gasteiger partial charge is 0.456 e. The predicted molar refractivity (Wildman–Crippen MR) is 57.7 cm³/mol. The van der Waals surface area contributed by atoms with Crippen LogP contribution in [0, 0.1) is 11.3 Å². The van der Waals surface area contributed by atoms with Crippen LogP contribution < -0.4 is 0 Å². The van der Waals surface area contributed by atoms with Crippen molar-refractivity contribution in [2.75, 3.05) is 0 Å². The van der Waals surface area contributed by atoms with E-state index in [9.17, 15) is 0 Å². The van der Waals surface area contributed by atoms with E-state index >= 15 is 0 Å². The van der Waals surface area contributed by atoms with Crippen molar-refractivity contribution in [3.8, 4) is 6.07 Å². The van der Waals surface area contributed by atoms with Gasteiger partial charge in [0.1, 0.15) is 11.8 Å². The average molecular weight is 223 g/mol. The molecule has 0 unspecified atom stereocenters. The maximum absolute atomic E-state index is 8.80. The standard InChI is InChI=1S/C8H13N5OSi/c1-13-8(5-9)7(11-12-13)6-10-14-15(2,3)4/h6H,1-4H3/b10-6+. The predicted octanol–water partition coefficient (Wildman–Crippen LogP) is 0.872. The van der Waals surface area contributed by atoms with Gasteiger partial charge in [0, 0.05) is 7.05 Å². The second kappa shape index (κ2) is 4.23. The van der Waals surface area contributed by atoms with Crippen molar-refractivity contribution in [1.29, 1.82) is 5.26 Å². The molecular formula is C8H13N5OSi. The monoisotopic (exact) mass is 223 g/mol. The number of aromatic nitrogens is 3. The lowest BCUT2D eigenvalue weighted by Crippen LogP contribution is -2.22. The lowest BCUT2D eigenvalue weighted by Gasteiger charge is -2.11. The third-order valence-corrected chi connectivity index (χ3v) is 2.11. The van der Waals surface area contributed by atoms with E-state index in [2.05, 4.69) is 15.5 Å². The second-order valence-electron chi connectivity index (χ2n) is 4.00. The van der Waals surface area contributed by atoms with Gasteiger partial charge in [-0.2, -0.15) is 5.26 Å². The third-order valence-electron chi connectivity index (χ3n) is 1.46. The van der Waals surface area contributed by atoms with E-state index in [0.29, 0.717) is 11.4 Å². The Morgan fingerprint density at radius 2 is 2.20 bits per heavy atom. The quantitative estimate of drug-likeness (QED) is 0.433. The lowest BCUT2D eigenvalue weighted by atomic mass is 10.3. The molecule has 15 heavy (non-hydrogen) atoms. The smallest absolute Gasteiger partial charge is 0.278 e. The van der Waals surface area contributed by atoms with Crippen molar-refractivity contribution in [3.05, 3.63) is 11.4 Å². The number of hydrogen-bond acceptors (Lipinski definition) is 5. The molecule has 0 saturated heterocycles. The van der Waals surface area contributed by atoms with Crippen LogP contribution in [0.5, 0.6) is 0 Å². The van der Waals surface area contributed by atoms with Crippen molar-refractivity contribution in [2.24, 2.45) is 12.2 Å². The van der Waals surface area contributed by atoms with Gasteiger partial charge in [-0.25, -0.2) is 4.68 Å². The highest BCUT2D eigenvalue weighted by Gasteiger charge is 2.15. The van der Waals surface area contributed by atoms with Crippen molar-refractivity contribution >= 4 is 14.5 Å². The molecule has 0 bridgehead atoms.